The fraction of sp³-hybridized carbons (Fsp3) is 0.244. The van der Waals surface area contributed by atoms with Crippen LogP contribution in [0.2, 0.25) is 0 Å². The Hall–Kier alpha value is -4.81. The first kappa shape index (κ1) is 30.8. The summed E-state index contributed by atoms with van der Waals surface area (Å²) in [5.74, 6) is 0.0480. The van der Waals surface area contributed by atoms with Gasteiger partial charge in [-0.15, -0.1) is 11.3 Å². The number of hydrogen-bond donors (Lipinski definition) is 0. The van der Waals surface area contributed by atoms with Gasteiger partial charge in [0.2, 0.25) is 0 Å². The largest absolute Gasteiger partial charge is 0.340 e. The van der Waals surface area contributed by atoms with Crippen molar-refractivity contribution in [2.75, 3.05) is 0 Å². The molecule has 0 spiro atoms. The summed E-state index contributed by atoms with van der Waals surface area (Å²) in [6.07, 6.45) is 4.63. The van der Waals surface area contributed by atoms with Crippen LogP contribution in [0.15, 0.2) is 101 Å². The summed E-state index contributed by atoms with van der Waals surface area (Å²) in [6, 6.07) is 30.8. The van der Waals surface area contributed by atoms with Crippen molar-refractivity contribution in [3.63, 3.8) is 0 Å². The number of aryl methyl sites for hydroxylation is 1. The molecular weight excluding hydrogens is 601 g/mol. The van der Waals surface area contributed by atoms with Crippen LogP contribution in [0.4, 0.5) is 0 Å². The monoisotopic (exact) mass is 638 g/mol. The third-order valence-corrected chi connectivity index (χ3v) is 10.7. The number of unbranched alkanes of at least 4 members (excludes halogenated alkanes) is 1. The van der Waals surface area contributed by atoms with Gasteiger partial charge in [0.25, 0.3) is 0 Å². The Balaban J connectivity index is 1.64. The molecule has 0 aliphatic rings. The molecule has 1 unspecified atom stereocenters. The minimum Gasteiger partial charge on any atom is -0.340 e. The second kappa shape index (κ2) is 12.8. The molecule has 0 aliphatic carbocycles. The van der Waals surface area contributed by atoms with E-state index in [0.717, 1.165) is 82.4 Å². The van der Waals surface area contributed by atoms with Crippen LogP contribution in [-0.4, -0.2) is 16.2 Å². The van der Waals surface area contributed by atoms with Crippen LogP contribution in [0.25, 0.3) is 52.8 Å². The molecule has 0 radical (unpaired) electrons. The summed E-state index contributed by atoms with van der Waals surface area (Å²) in [5, 5.41) is 10.1. The van der Waals surface area contributed by atoms with Crippen molar-refractivity contribution < 1.29 is 9.63 Å². The maximum atomic E-state index is 14.3. The highest BCUT2D eigenvalue weighted by Crippen LogP contribution is 2.44. The summed E-state index contributed by atoms with van der Waals surface area (Å²) in [5.41, 5.74) is 5.73. The second-order valence-corrected chi connectivity index (χ2v) is 13.5. The number of benzene rings is 5. The van der Waals surface area contributed by atoms with Gasteiger partial charge in [0.05, 0.1) is 5.52 Å². The fourth-order valence-corrected chi connectivity index (χ4v) is 8.30. The van der Waals surface area contributed by atoms with E-state index in [9.17, 15) is 9.59 Å². The van der Waals surface area contributed by atoms with Crippen molar-refractivity contribution in [2.24, 2.45) is 11.1 Å². The van der Waals surface area contributed by atoms with Crippen LogP contribution in [0.1, 0.15) is 63.1 Å². The Morgan fingerprint density at radius 1 is 0.872 bits per heavy atom. The summed E-state index contributed by atoms with van der Waals surface area (Å²) >= 11 is 1.69. The van der Waals surface area contributed by atoms with E-state index < -0.39 is 5.97 Å². The Morgan fingerprint density at radius 3 is 2.34 bits per heavy atom. The lowest BCUT2D eigenvalue weighted by Crippen LogP contribution is -2.11. The minimum absolute atomic E-state index is 0.0657. The van der Waals surface area contributed by atoms with E-state index >= 15 is 0 Å². The summed E-state index contributed by atoms with van der Waals surface area (Å²) in [6.45, 7) is 8.83. The summed E-state index contributed by atoms with van der Waals surface area (Å²) in [4.78, 5) is 31.5. The van der Waals surface area contributed by atoms with E-state index in [1.165, 1.54) is 26.2 Å². The van der Waals surface area contributed by atoms with Crippen LogP contribution in [0.5, 0.6) is 0 Å². The van der Waals surface area contributed by atoms with E-state index in [2.05, 4.69) is 60.0 Å². The third-order valence-electron chi connectivity index (χ3n) is 9.46. The average Bonchev–Trinajstić information content (AvgIpc) is 3.41. The molecule has 5 aromatic carbocycles. The van der Waals surface area contributed by atoms with Crippen molar-refractivity contribution in [3.05, 3.63) is 118 Å². The molecular formula is C41H38N2O3S. The van der Waals surface area contributed by atoms with Crippen molar-refractivity contribution in [3.8, 4) is 0 Å². The average molecular weight is 639 g/mol. The molecule has 1 atom stereocenters. The van der Waals surface area contributed by atoms with E-state index in [1.54, 1.807) is 11.3 Å². The number of nitrogens with zero attached hydrogens (tertiary/aromatic N) is 2. The fourth-order valence-electron chi connectivity index (χ4n) is 7.05. The predicted octanol–water partition coefficient (Wildman–Crippen LogP) is 10.5. The van der Waals surface area contributed by atoms with E-state index in [-0.39, 0.29) is 5.43 Å². The second-order valence-electron chi connectivity index (χ2n) is 12.5. The topological polar surface area (TPSA) is 60.7 Å². The van der Waals surface area contributed by atoms with Gasteiger partial charge in [0.15, 0.2) is 5.43 Å². The molecule has 7 rings (SSSR count). The standard InChI is InChI=1S/C41H38N2O3S/c1-5-7-15-27(6-2)24-43-34-22-21-28(38(42-46-26(4)44)29-16-9-8-14-25(29)3)23-33(34)36-39(43)31-18-11-10-17-30(31)37-40(45)32-19-12-13-20-35(32)47-41(36)37/h8-14,16-23,27H,5-7,15,24H2,1-4H3/b42-38+. The minimum atomic E-state index is -0.472. The molecule has 236 valence electrons. The molecule has 0 aliphatic heterocycles. The number of fused-ring (bicyclic) bond motifs is 9. The van der Waals surface area contributed by atoms with Crippen LogP contribution in [0.3, 0.4) is 0 Å². The summed E-state index contributed by atoms with van der Waals surface area (Å²) < 4.78 is 4.48. The van der Waals surface area contributed by atoms with Gasteiger partial charge in [-0.1, -0.05) is 105 Å². The molecule has 5 nitrogen and oxygen atoms in total. The highest BCUT2D eigenvalue weighted by atomic mass is 32.1. The zero-order valence-corrected chi connectivity index (χ0v) is 28.1. The van der Waals surface area contributed by atoms with Gasteiger partial charge in [-0.05, 0) is 54.5 Å². The van der Waals surface area contributed by atoms with Gasteiger partial charge in [0, 0.05) is 66.4 Å². The zero-order chi connectivity index (χ0) is 32.7. The number of carbonyl (C=O) groups is 1. The molecule has 0 fully saturated rings. The lowest BCUT2D eigenvalue weighted by molar-refractivity contribution is -0.140. The first-order chi connectivity index (χ1) is 22.9. The van der Waals surface area contributed by atoms with Crippen molar-refractivity contribution >= 4 is 75.8 Å². The van der Waals surface area contributed by atoms with E-state index in [0.29, 0.717) is 11.6 Å². The number of hydrogen-bond acceptors (Lipinski definition) is 5. The number of rotatable bonds is 9. The summed E-state index contributed by atoms with van der Waals surface area (Å²) in [7, 11) is 0. The smallest absolute Gasteiger partial charge is 0.332 e. The number of carbonyl (C=O) groups excluding carboxylic acids is 1. The zero-order valence-electron chi connectivity index (χ0n) is 27.3. The van der Waals surface area contributed by atoms with Gasteiger partial charge in [0.1, 0.15) is 5.71 Å². The van der Waals surface area contributed by atoms with Crippen molar-refractivity contribution in [2.45, 2.75) is 59.9 Å². The molecule has 2 heterocycles. The van der Waals surface area contributed by atoms with Gasteiger partial charge >= 0.3 is 5.97 Å². The van der Waals surface area contributed by atoms with Gasteiger partial charge in [-0.2, -0.15) is 0 Å². The molecule has 0 saturated carbocycles. The Morgan fingerprint density at radius 2 is 1.60 bits per heavy atom. The van der Waals surface area contributed by atoms with Crippen LogP contribution in [-0.2, 0) is 16.2 Å². The SMILES string of the molecule is CCCCC(CC)Cn1c2ccc(/C(=N\OC(C)=O)c3ccccc3C)cc2c2c3sc4ccccc4c(=O)c3c3ccccc3c21. The van der Waals surface area contributed by atoms with E-state index in [4.69, 9.17) is 4.84 Å². The lowest BCUT2D eigenvalue weighted by atomic mass is 9.96. The maximum absolute atomic E-state index is 14.3. The molecule has 7 aromatic rings. The highest BCUT2D eigenvalue weighted by molar-refractivity contribution is 7.25. The predicted molar refractivity (Wildman–Crippen MR) is 198 cm³/mol. The van der Waals surface area contributed by atoms with Gasteiger partial charge < -0.3 is 9.40 Å². The number of aromatic nitrogens is 1. The number of oxime groups is 1. The highest BCUT2D eigenvalue weighted by Gasteiger charge is 2.23. The first-order valence-corrected chi connectivity index (χ1v) is 17.4. The third kappa shape index (κ3) is 5.40. The molecule has 0 amide bonds. The first-order valence-electron chi connectivity index (χ1n) is 16.5. The molecule has 0 saturated heterocycles. The van der Waals surface area contributed by atoms with E-state index in [1.807, 2.05) is 61.5 Å². The molecule has 0 bridgehead atoms. The Bertz CT molecular complexity index is 2420. The molecule has 2 aromatic heterocycles. The lowest BCUT2D eigenvalue weighted by Gasteiger charge is -2.18. The molecule has 6 heteroatoms. The normalized spacial score (nSPS) is 12.9. The van der Waals surface area contributed by atoms with Crippen LogP contribution in [0, 0.1) is 12.8 Å². The van der Waals surface area contributed by atoms with Gasteiger partial charge in [-0.3, -0.25) is 4.79 Å². The maximum Gasteiger partial charge on any atom is 0.332 e. The van der Waals surface area contributed by atoms with Crippen LogP contribution < -0.4 is 5.43 Å². The molecule has 47 heavy (non-hydrogen) atoms. The van der Waals surface area contributed by atoms with Gasteiger partial charge in [-0.25, -0.2) is 4.79 Å². The van der Waals surface area contributed by atoms with Crippen molar-refractivity contribution in [1.82, 2.24) is 4.57 Å². The molecule has 0 N–H and O–H groups in total. The Kier molecular flexibility index (Phi) is 8.37. The van der Waals surface area contributed by atoms with Crippen LogP contribution >= 0.6 is 11.3 Å². The quantitative estimate of drug-likeness (QED) is 0.0520. The van der Waals surface area contributed by atoms with Crippen molar-refractivity contribution in [1.29, 1.82) is 0 Å². The Labute approximate surface area is 278 Å².